The zero-order chi connectivity index (χ0) is 8.69. The Kier molecular flexibility index (Phi) is 5.93. The highest BCUT2D eigenvalue weighted by atomic mass is 32.2. The molecule has 0 N–H and O–H groups in total. The van der Waals surface area contributed by atoms with E-state index in [-0.39, 0.29) is 11.5 Å². The van der Waals surface area contributed by atoms with E-state index in [1.807, 2.05) is 6.92 Å². The first-order chi connectivity index (χ1) is 5.20. The van der Waals surface area contributed by atoms with Crippen LogP contribution in [0.1, 0.15) is 20.3 Å². The van der Waals surface area contributed by atoms with E-state index in [2.05, 4.69) is 4.74 Å². The summed E-state index contributed by atoms with van der Waals surface area (Å²) in [5, 5.41) is -0.119. The first kappa shape index (κ1) is 10.5. The van der Waals surface area contributed by atoms with Gasteiger partial charge in [-0.25, -0.2) is 0 Å². The lowest BCUT2D eigenvalue weighted by molar-refractivity contribution is -0.144. The second-order valence-corrected chi connectivity index (χ2v) is 3.11. The molecule has 0 spiro atoms. The van der Waals surface area contributed by atoms with Gasteiger partial charge in [-0.15, -0.1) is 0 Å². The molecule has 64 valence electrons. The lowest BCUT2D eigenvalue weighted by atomic mass is 10.5. The topological polar surface area (TPSA) is 43.4 Å². The average molecular weight is 176 g/mol. The molecule has 4 heteroatoms. The molecule has 0 amide bonds. The number of carbonyl (C=O) groups is 2. The SMILES string of the molecule is CCOC(=O)CC(=O)SCC. The maximum absolute atomic E-state index is 10.8. The Morgan fingerprint density at radius 2 is 2.00 bits per heavy atom. The van der Waals surface area contributed by atoms with Crippen molar-refractivity contribution >= 4 is 22.8 Å². The van der Waals surface area contributed by atoms with E-state index in [0.717, 1.165) is 11.8 Å². The van der Waals surface area contributed by atoms with E-state index in [1.165, 1.54) is 0 Å². The van der Waals surface area contributed by atoms with Crippen LogP contribution in [0.2, 0.25) is 0 Å². The zero-order valence-corrected chi connectivity index (χ0v) is 7.57. The van der Waals surface area contributed by atoms with Gasteiger partial charge in [0.2, 0.25) is 0 Å². The number of esters is 1. The van der Waals surface area contributed by atoms with E-state index in [1.54, 1.807) is 6.92 Å². The van der Waals surface area contributed by atoms with Crippen LogP contribution in [0.5, 0.6) is 0 Å². The predicted octanol–water partition coefficient (Wildman–Crippen LogP) is 1.22. The third kappa shape index (κ3) is 5.91. The molecule has 0 fully saturated rings. The monoisotopic (exact) mass is 176 g/mol. The highest BCUT2D eigenvalue weighted by Gasteiger charge is 2.08. The molecule has 0 atom stereocenters. The van der Waals surface area contributed by atoms with Crippen LogP contribution in [0.3, 0.4) is 0 Å². The van der Waals surface area contributed by atoms with E-state index in [9.17, 15) is 9.59 Å². The molecule has 0 radical (unpaired) electrons. The van der Waals surface area contributed by atoms with Gasteiger partial charge in [-0.2, -0.15) is 0 Å². The highest BCUT2D eigenvalue weighted by molar-refractivity contribution is 8.13. The second-order valence-electron chi connectivity index (χ2n) is 1.79. The lowest BCUT2D eigenvalue weighted by Gasteiger charge is -1.98. The first-order valence-electron chi connectivity index (χ1n) is 3.52. The van der Waals surface area contributed by atoms with Crippen LogP contribution in [-0.2, 0) is 14.3 Å². The highest BCUT2D eigenvalue weighted by Crippen LogP contribution is 2.04. The molecule has 0 saturated heterocycles. The van der Waals surface area contributed by atoms with Crippen molar-refractivity contribution in [2.45, 2.75) is 20.3 Å². The number of ether oxygens (including phenoxy) is 1. The van der Waals surface area contributed by atoms with Crippen LogP contribution in [0.25, 0.3) is 0 Å². The van der Waals surface area contributed by atoms with Crippen molar-refractivity contribution in [1.29, 1.82) is 0 Å². The number of hydrogen-bond acceptors (Lipinski definition) is 4. The molecule has 0 bridgehead atoms. The van der Waals surface area contributed by atoms with E-state index in [0.29, 0.717) is 12.4 Å². The third-order valence-electron chi connectivity index (χ3n) is 0.899. The fourth-order valence-corrected chi connectivity index (χ4v) is 1.08. The third-order valence-corrected chi connectivity index (χ3v) is 1.65. The summed E-state index contributed by atoms with van der Waals surface area (Å²) in [7, 11) is 0. The van der Waals surface area contributed by atoms with Gasteiger partial charge in [0.05, 0.1) is 6.61 Å². The van der Waals surface area contributed by atoms with Crippen molar-refractivity contribution < 1.29 is 14.3 Å². The lowest BCUT2D eigenvalue weighted by Crippen LogP contribution is -2.08. The smallest absolute Gasteiger partial charge is 0.314 e. The number of hydrogen-bond donors (Lipinski definition) is 0. The Bertz CT molecular complexity index is 129. The predicted molar refractivity (Wildman–Crippen MR) is 44.4 cm³/mol. The van der Waals surface area contributed by atoms with Crippen molar-refractivity contribution in [2.24, 2.45) is 0 Å². The summed E-state index contributed by atoms with van der Waals surface area (Å²) in [4.78, 5) is 21.5. The van der Waals surface area contributed by atoms with Crippen LogP contribution < -0.4 is 0 Å². The molecular formula is C7H12O3S. The molecule has 0 aliphatic carbocycles. The Morgan fingerprint density at radius 1 is 1.36 bits per heavy atom. The normalized spacial score (nSPS) is 9.27. The maximum atomic E-state index is 10.8. The standard InChI is InChI=1S/C7H12O3S/c1-3-10-6(8)5-7(9)11-4-2/h3-5H2,1-2H3. The summed E-state index contributed by atoms with van der Waals surface area (Å²) in [6.07, 6.45) is -0.105. The number of carbonyl (C=O) groups excluding carboxylic acids is 2. The Labute approximate surface area is 70.5 Å². The van der Waals surface area contributed by atoms with Gasteiger partial charge in [0.15, 0.2) is 5.12 Å². The molecule has 0 aliphatic rings. The molecule has 0 rings (SSSR count). The summed E-state index contributed by atoms with van der Waals surface area (Å²) in [5.74, 6) is 0.275. The maximum Gasteiger partial charge on any atom is 0.314 e. The molecule has 3 nitrogen and oxygen atoms in total. The minimum atomic E-state index is -0.432. The largest absolute Gasteiger partial charge is 0.466 e. The quantitative estimate of drug-likeness (QED) is 0.477. The second kappa shape index (κ2) is 6.22. The van der Waals surface area contributed by atoms with Crippen molar-refractivity contribution in [3.8, 4) is 0 Å². The summed E-state index contributed by atoms with van der Waals surface area (Å²) in [6, 6.07) is 0. The minimum absolute atomic E-state index is 0.105. The van der Waals surface area contributed by atoms with Crippen LogP contribution in [0, 0.1) is 0 Å². The minimum Gasteiger partial charge on any atom is -0.466 e. The fourth-order valence-electron chi connectivity index (χ4n) is 0.542. The van der Waals surface area contributed by atoms with Crippen LogP contribution in [0.4, 0.5) is 0 Å². The Balaban J connectivity index is 3.49. The average Bonchev–Trinajstić information content (AvgIpc) is 1.87. The fraction of sp³-hybridized carbons (Fsp3) is 0.714. The summed E-state index contributed by atoms with van der Waals surface area (Å²) in [5.41, 5.74) is 0. The van der Waals surface area contributed by atoms with Crippen molar-refractivity contribution in [3.63, 3.8) is 0 Å². The van der Waals surface area contributed by atoms with Gasteiger partial charge in [-0.05, 0) is 12.7 Å². The Hall–Kier alpha value is -0.510. The van der Waals surface area contributed by atoms with Crippen molar-refractivity contribution in [3.05, 3.63) is 0 Å². The summed E-state index contributed by atoms with van der Waals surface area (Å²) >= 11 is 1.15. The van der Waals surface area contributed by atoms with Gasteiger partial charge < -0.3 is 4.74 Å². The first-order valence-corrected chi connectivity index (χ1v) is 4.50. The van der Waals surface area contributed by atoms with Gasteiger partial charge in [0.25, 0.3) is 0 Å². The van der Waals surface area contributed by atoms with Gasteiger partial charge in [-0.1, -0.05) is 18.7 Å². The van der Waals surface area contributed by atoms with Gasteiger partial charge in [-0.3, -0.25) is 9.59 Å². The van der Waals surface area contributed by atoms with Crippen molar-refractivity contribution in [1.82, 2.24) is 0 Å². The van der Waals surface area contributed by atoms with Gasteiger partial charge >= 0.3 is 5.97 Å². The molecule has 0 aromatic heterocycles. The summed E-state index contributed by atoms with van der Waals surface area (Å²) in [6.45, 7) is 3.92. The molecule has 0 aromatic carbocycles. The Morgan fingerprint density at radius 3 is 2.45 bits per heavy atom. The van der Waals surface area contributed by atoms with E-state index in [4.69, 9.17) is 0 Å². The van der Waals surface area contributed by atoms with Crippen LogP contribution in [-0.4, -0.2) is 23.4 Å². The van der Waals surface area contributed by atoms with Crippen LogP contribution >= 0.6 is 11.8 Å². The molecule has 0 heterocycles. The van der Waals surface area contributed by atoms with Crippen molar-refractivity contribution in [2.75, 3.05) is 12.4 Å². The molecule has 0 unspecified atom stereocenters. The van der Waals surface area contributed by atoms with Crippen LogP contribution in [0.15, 0.2) is 0 Å². The van der Waals surface area contributed by atoms with E-state index < -0.39 is 5.97 Å². The van der Waals surface area contributed by atoms with Gasteiger partial charge in [0, 0.05) is 0 Å². The molecule has 0 aliphatic heterocycles. The molecule has 0 aromatic rings. The van der Waals surface area contributed by atoms with Gasteiger partial charge in [0.1, 0.15) is 6.42 Å². The zero-order valence-electron chi connectivity index (χ0n) is 6.75. The molecule has 11 heavy (non-hydrogen) atoms. The summed E-state index contributed by atoms with van der Waals surface area (Å²) < 4.78 is 4.59. The van der Waals surface area contributed by atoms with E-state index >= 15 is 0 Å². The number of rotatable bonds is 4. The molecule has 0 saturated carbocycles. The molecular weight excluding hydrogens is 164 g/mol. The number of thioether (sulfide) groups is 1.